The molecule has 9 heteroatoms. The average molecular weight is 602 g/mol. The Morgan fingerprint density at radius 2 is 1.71 bits per heavy atom. The van der Waals surface area contributed by atoms with Gasteiger partial charge in [0.1, 0.15) is 11.8 Å². The summed E-state index contributed by atoms with van der Waals surface area (Å²) < 4.78 is 60.4. The lowest BCUT2D eigenvalue weighted by Gasteiger charge is -2.51. The fraction of sp³-hybridized carbons (Fsp3) is 0.667. The molecule has 2 spiro atoms. The summed E-state index contributed by atoms with van der Waals surface area (Å²) in [5.41, 5.74) is 4.46. The highest BCUT2D eigenvalue weighted by Crippen LogP contribution is 2.62. The minimum atomic E-state index is -4.50. The third-order valence-corrected chi connectivity index (χ3v) is 15.1. The molecule has 0 amide bonds. The Hall–Kier alpha value is -1.81. The van der Waals surface area contributed by atoms with Crippen LogP contribution in [0.4, 0.5) is 13.2 Å². The van der Waals surface area contributed by atoms with Crippen LogP contribution in [-0.4, -0.2) is 31.5 Å². The zero-order valence-corrected chi connectivity index (χ0v) is 27.0. The smallest absolute Gasteiger partial charge is 0.410 e. The second-order valence-corrected chi connectivity index (χ2v) is 19.5. The molecule has 2 aliphatic heterocycles. The molecule has 2 aromatic heterocycles. The summed E-state index contributed by atoms with van der Waals surface area (Å²) in [5.74, 6) is 0.0972. The van der Waals surface area contributed by atoms with Crippen LogP contribution in [-0.2, 0) is 25.7 Å². The van der Waals surface area contributed by atoms with Gasteiger partial charge in [0.15, 0.2) is 8.32 Å². The number of rotatable bonds is 4. The third kappa shape index (κ3) is 4.96. The fourth-order valence-electron chi connectivity index (χ4n) is 7.09. The number of halogens is 3. The summed E-state index contributed by atoms with van der Waals surface area (Å²) in [6.07, 6.45) is 4.38. The van der Waals surface area contributed by atoms with Gasteiger partial charge in [0.05, 0.1) is 17.4 Å². The Kier molecular flexibility index (Phi) is 7.27. The van der Waals surface area contributed by atoms with Crippen LogP contribution in [0.25, 0.3) is 0 Å². The van der Waals surface area contributed by atoms with Crippen molar-refractivity contribution in [1.82, 2.24) is 9.97 Å². The molecule has 2 aromatic rings. The van der Waals surface area contributed by atoms with E-state index in [-0.39, 0.29) is 22.5 Å². The summed E-state index contributed by atoms with van der Waals surface area (Å²) in [6.45, 7) is 16.8. The van der Waals surface area contributed by atoms with Gasteiger partial charge < -0.3 is 13.9 Å². The first kappa shape index (κ1) is 30.2. The van der Waals surface area contributed by atoms with Crippen LogP contribution in [0, 0.1) is 11.8 Å². The number of hydrogen-bond acceptors (Lipinski definition) is 5. The summed E-state index contributed by atoms with van der Waals surface area (Å²) >= 11 is 0. The highest BCUT2D eigenvalue weighted by molar-refractivity contribution is 6.74. The van der Waals surface area contributed by atoms with E-state index in [0.717, 1.165) is 53.4 Å². The van der Waals surface area contributed by atoms with Crippen molar-refractivity contribution in [3.63, 3.8) is 0 Å². The van der Waals surface area contributed by atoms with Crippen molar-refractivity contribution in [2.75, 3.05) is 13.2 Å². The second kappa shape index (κ2) is 10.1. The SMILES string of the molecule is CC(C)c1nc2c(c3c1[C@@H](c1ccc(C(F)(F)F)nc1)OC31CCOCC1)[C@@H](O[Si](C)(C)C(C)(C)C)CC1([CH]2)CCC1. The normalized spacial score (nSPS) is 25.0. The Morgan fingerprint density at radius 1 is 1.02 bits per heavy atom. The molecular weight excluding hydrogens is 557 g/mol. The quantitative estimate of drug-likeness (QED) is 0.328. The highest BCUT2D eigenvalue weighted by atomic mass is 28.4. The zero-order chi connectivity index (χ0) is 30.3. The lowest BCUT2D eigenvalue weighted by atomic mass is 9.58. The van der Waals surface area contributed by atoms with E-state index in [4.69, 9.17) is 18.9 Å². The van der Waals surface area contributed by atoms with Crippen LogP contribution >= 0.6 is 0 Å². The molecule has 1 saturated carbocycles. The molecule has 1 saturated heterocycles. The predicted octanol–water partition coefficient (Wildman–Crippen LogP) is 8.93. The van der Waals surface area contributed by atoms with Crippen LogP contribution in [0.15, 0.2) is 18.3 Å². The molecule has 4 heterocycles. The van der Waals surface area contributed by atoms with Gasteiger partial charge in [-0.3, -0.25) is 9.97 Å². The number of aromatic nitrogens is 2. The molecule has 2 fully saturated rings. The maximum Gasteiger partial charge on any atom is 0.433 e. The topological polar surface area (TPSA) is 53.5 Å². The van der Waals surface area contributed by atoms with Crippen molar-refractivity contribution in [3.05, 3.63) is 64.1 Å². The van der Waals surface area contributed by atoms with Gasteiger partial charge in [-0.2, -0.15) is 13.2 Å². The van der Waals surface area contributed by atoms with Gasteiger partial charge in [-0.25, -0.2) is 0 Å². The summed E-state index contributed by atoms with van der Waals surface area (Å²) in [7, 11) is -2.17. The van der Waals surface area contributed by atoms with Crippen molar-refractivity contribution in [3.8, 4) is 0 Å². The molecule has 42 heavy (non-hydrogen) atoms. The zero-order valence-electron chi connectivity index (χ0n) is 26.0. The van der Waals surface area contributed by atoms with Crippen molar-refractivity contribution in [2.24, 2.45) is 5.41 Å². The Balaban J connectivity index is 1.58. The van der Waals surface area contributed by atoms with Gasteiger partial charge in [0.25, 0.3) is 0 Å². The first-order valence-corrected chi connectivity index (χ1v) is 18.4. The maximum absolute atomic E-state index is 13.4. The first-order valence-electron chi connectivity index (χ1n) is 15.5. The molecule has 0 aromatic carbocycles. The Labute approximate surface area is 249 Å². The van der Waals surface area contributed by atoms with Crippen molar-refractivity contribution in [1.29, 1.82) is 0 Å². The largest absolute Gasteiger partial charge is 0.433 e. The number of alkyl halides is 3. The molecule has 1 radical (unpaired) electrons. The van der Waals surface area contributed by atoms with Crippen LogP contribution in [0.3, 0.4) is 0 Å². The number of ether oxygens (including phenoxy) is 2. The molecule has 6 rings (SSSR count). The predicted molar refractivity (Wildman–Crippen MR) is 158 cm³/mol. The van der Waals surface area contributed by atoms with Gasteiger partial charge in [-0.15, -0.1) is 0 Å². The van der Waals surface area contributed by atoms with Gasteiger partial charge in [-0.1, -0.05) is 47.1 Å². The van der Waals surface area contributed by atoms with Gasteiger partial charge >= 0.3 is 6.18 Å². The van der Waals surface area contributed by atoms with E-state index in [0.29, 0.717) is 31.6 Å². The van der Waals surface area contributed by atoms with E-state index in [1.165, 1.54) is 18.7 Å². The molecule has 229 valence electrons. The molecular formula is C33H44F3N2O3Si. The monoisotopic (exact) mass is 601 g/mol. The number of pyridine rings is 2. The first-order chi connectivity index (χ1) is 19.6. The van der Waals surface area contributed by atoms with Gasteiger partial charge in [0.2, 0.25) is 0 Å². The standard InChI is InChI=1S/C33H44F3N2O3Si/c1-20(2)28-26-27(25-22(38-28)17-31(11-8-12-31)18-23(25)41-42(6,7)30(3,4)5)32(13-15-39-16-14-32)40-29(26)21-9-10-24(37-19-21)33(34,35)36/h9-10,17,19-20,23,29H,8,11-16,18H2,1-7H3/t23-,29+/m0/s1. The maximum atomic E-state index is 13.4. The third-order valence-electron chi connectivity index (χ3n) is 10.6. The molecule has 4 aliphatic rings. The van der Waals surface area contributed by atoms with E-state index in [9.17, 15) is 13.2 Å². The fourth-order valence-corrected chi connectivity index (χ4v) is 8.36. The van der Waals surface area contributed by atoms with Gasteiger partial charge in [-0.05, 0) is 60.4 Å². The summed E-state index contributed by atoms with van der Waals surface area (Å²) in [5, 5.41) is 0.0386. The van der Waals surface area contributed by atoms with E-state index >= 15 is 0 Å². The van der Waals surface area contributed by atoms with Crippen molar-refractivity contribution >= 4 is 8.32 Å². The van der Waals surface area contributed by atoms with Gasteiger partial charge in [0, 0.05) is 61.1 Å². The number of nitrogens with zero attached hydrogens (tertiary/aromatic N) is 2. The van der Waals surface area contributed by atoms with Crippen LogP contribution in [0.1, 0.15) is 131 Å². The molecule has 5 nitrogen and oxygen atoms in total. The van der Waals surface area contributed by atoms with Crippen molar-refractivity contribution in [2.45, 2.75) is 121 Å². The van der Waals surface area contributed by atoms with E-state index in [1.807, 2.05) is 0 Å². The summed E-state index contributed by atoms with van der Waals surface area (Å²) in [4.78, 5) is 9.20. The minimum Gasteiger partial charge on any atom is -0.410 e. The Bertz CT molecular complexity index is 1340. The summed E-state index contributed by atoms with van der Waals surface area (Å²) in [6, 6.07) is 2.58. The molecule has 0 unspecified atom stereocenters. The van der Waals surface area contributed by atoms with E-state index in [2.05, 4.69) is 59.1 Å². The Morgan fingerprint density at radius 3 is 2.24 bits per heavy atom. The molecule has 0 bridgehead atoms. The lowest BCUT2D eigenvalue weighted by molar-refractivity contribution is -0.141. The van der Waals surface area contributed by atoms with Crippen LogP contribution in [0.2, 0.25) is 18.1 Å². The lowest BCUT2D eigenvalue weighted by Crippen LogP contribution is -2.46. The van der Waals surface area contributed by atoms with Crippen LogP contribution in [0.5, 0.6) is 0 Å². The highest BCUT2D eigenvalue weighted by Gasteiger charge is 2.55. The average Bonchev–Trinajstić information content (AvgIpc) is 3.20. The van der Waals surface area contributed by atoms with E-state index < -0.39 is 31.9 Å². The second-order valence-electron chi connectivity index (χ2n) is 14.7. The van der Waals surface area contributed by atoms with Crippen LogP contribution < -0.4 is 0 Å². The van der Waals surface area contributed by atoms with Crippen molar-refractivity contribution < 1.29 is 27.1 Å². The number of fused-ring (bicyclic) bond motifs is 4. The number of hydrogen-bond donors (Lipinski definition) is 0. The molecule has 2 aliphatic carbocycles. The van der Waals surface area contributed by atoms with E-state index in [1.54, 1.807) is 0 Å². The molecule has 2 atom stereocenters. The minimum absolute atomic E-state index is 0.0386. The molecule has 0 N–H and O–H groups in total.